The molecule has 0 radical (unpaired) electrons. The van der Waals surface area contributed by atoms with Gasteiger partial charge in [-0.3, -0.25) is 9.78 Å². The summed E-state index contributed by atoms with van der Waals surface area (Å²) in [4.78, 5) is 22.8. The Labute approximate surface area is 113 Å². The van der Waals surface area contributed by atoms with E-state index in [0.29, 0.717) is 41.3 Å². The zero-order chi connectivity index (χ0) is 13.9. The molecule has 2 aromatic heterocycles. The third kappa shape index (κ3) is 2.44. The van der Waals surface area contributed by atoms with Gasteiger partial charge in [-0.15, -0.1) is 0 Å². The summed E-state index contributed by atoms with van der Waals surface area (Å²) >= 11 is 0. The lowest BCUT2D eigenvalue weighted by molar-refractivity contribution is 0.410. The second kappa shape index (κ2) is 5.00. The number of nitrogen functional groups attached to an aromatic ring is 1. The van der Waals surface area contributed by atoms with E-state index in [2.05, 4.69) is 29.9 Å². The molecule has 20 heavy (non-hydrogen) atoms. The molecule has 1 aromatic carbocycles. The van der Waals surface area contributed by atoms with Crippen LogP contribution in [0.3, 0.4) is 0 Å². The van der Waals surface area contributed by atoms with Gasteiger partial charge >= 0.3 is 0 Å². The van der Waals surface area contributed by atoms with Crippen LogP contribution in [0.4, 0.5) is 11.6 Å². The number of H-pyrrole nitrogens is 1. The van der Waals surface area contributed by atoms with Gasteiger partial charge in [0, 0.05) is 18.7 Å². The number of anilines is 2. The maximum atomic E-state index is 11.9. The summed E-state index contributed by atoms with van der Waals surface area (Å²) in [6.45, 7) is 0.531. The highest BCUT2D eigenvalue weighted by atomic mass is 16.5. The van der Waals surface area contributed by atoms with Crippen LogP contribution in [0, 0.1) is 0 Å². The minimum atomic E-state index is -0.232. The molecule has 3 rings (SSSR count). The monoisotopic (exact) mass is 272 g/mol. The third-order valence-corrected chi connectivity index (χ3v) is 2.78. The van der Waals surface area contributed by atoms with Crippen molar-refractivity contribution >= 4 is 22.5 Å². The highest BCUT2D eigenvalue weighted by Gasteiger charge is 2.04. The number of aromatic nitrogens is 4. The van der Waals surface area contributed by atoms with Crippen molar-refractivity contribution in [2.24, 2.45) is 0 Å². The standard InChI is InChI=1S/C12H12N6O2/c13-7-1-2-9-8(5-7)11(19)17-12(16-9)14-4-3-10-15-6-20-18-10/h1-2,5-6H,3-4,13H2,(H2,14,16,17,19). The average molecular weight is 272 g/mol. The van der Waals surface area contributed by atoms with Crippen LogP contribution >= 0.6 is 0 Å². The summed E-state index contributed by atoms with van der Waals surface area (Å²) in [6, 6.07) is 5.02. The fourth-order valence-electron chi connectivity index (χ4n) is 1.84. The maximum absolute atomic E-state index is 11.9. The fraction of sp³-hybridized carbons (Fsp3) is 0.167. The minimum Gasteiger partial charge on any atom is -0.399 e. The van der Waals surface area contributed by atoms with Crippen LogP contribution in [0.15, 0.2) is 33.9 Å². The van der Waals surface area contributed by atoms with Crippen LogP contribution in [-0.2, 0) is 6.42 Å². The van der Waals surface area contributed by atoms with Gasteiger partial charge in [0.15, 0.2) is 5.82 Å². The molecule has 4 N–H and O–H groups in total. The molecule has 3 aromatic rings. The number of nitrogens with one attached hydrogen (secondary N) is 2. The van der Waals surface area contributed by atoms with Gasteiger partial charge in [0.25, 0.3) is 5.56 Å². The number of benzene rings is 1. The number of aromatic amines is 1. The van der Waals surface area contributed by atoms with Gasteiger partial charge in [-0.2, -0.15) is 4.98 Å². The molecule has 0 aliphatic heterocycles. The number of fused-ring (bicyclic) bond motifs is 1. The van der Waals surface area contributed by atoms with Gasteiger partial charge < -0.3 is 15.6 Å². The first-order valence-corrected chi connectivity index (χ1v) is 6.01. The first-order valence-electron chi connectivity index (χ1n) is 6.01. The molecule has 0 atom stereocenters. The van der Waals surface area contributed by atoms with E-state index >= 15 is 0 Å². The topological polar surface area (TPSA) is 123 Å². The molecule has 0 aliphatic rings. The Morgan fingerprint density at radius 1 is 1.40 bits per heavy atom. The van der Waals surface area contributed by atoms with Gasteiger partial charge in [0.05, 0.1) is 10.9 Å². The second-order valence-corrected chi connectivity index (χ2v) is 4.22. The van der Waals surface area contributed by atoms with Gasteiger partial charge in [0.1, 0.15) is 0 Å². The van der Waals surface area contributed by atoms with Crippen molar-refractivity contribution in [3.05, 3.63) is 40.8 Å². The molecule has 0 saturated carbocycles. The highest BCUT2D eigenvalue weighted by Crippen LogP contribution is 2.12. The number of hydrogen-bond acceptors (Lipinski definition) is 7. The Morgan fingerprint density at radius 2 is 2.30 bits per heavy atom. The van der Waals surface area contributed by atoms with E-state index < -0.39 is 0 Å². The Bertz CT molecular complexity index is 780. The lowest BCUT2D eigenvalue weighted by Crippen LogP contribution is -2.15. The largest absolute Gasteiger partial charge is 0.399 e. The molecule has 0 fully saturated rings. The van der Waals surface area contributed by atoms with Gasteiger partial charge in [-0.1, -0.05) is 5.16 Å². The summed E-state index contributed by atoms with van der Waals surface area (Å²) in [7, 11) is 0. The third-order valence-electron chi connectivity index (χ3n) is 2.78. The van der Waals surface area contributed by atoms with Crippen LogP contribution in [0.5, 0.6) is 0 Å². The Hall–Kier alpha value is -2.90. The SMILES string of the molecule is Nc1ccc2nc(NCCc3ncon3)[nH]c(=O)c2c1. The minimum absolute atomic E-state index is 0.232. The normalized spacial score (nSPS) is 10.8. The van der Waals surface area contributed by atoms with Crippen molar-refractivity contribution in [2.75, 3.05) is 17.6 Å². The summed E-state index contributed by atoms with van der Waals surface area (Å²) < 4.78 is 4.63. The van der Waals surface area contributed by atoms with Crippen molar-refractivity contribution in [2.45, 2.75) is 6.42 Å². The average Bonchev–Trinajstić information content (AvgIpc) is 2.93. The van der Waals surface area contributed by atoms with Gasteiger partial charge in [-0.05, 0) is 18.2 Å². The van der Waals surface area contributed by atoms with E-state index in [1.54, 1.807) is 18.2 Å². The van der Waals surface area contributed by atoms with Crippen LogP contribution in [-0.4, -0.2) is 26.7 Å². The summed E-state index contributed by atoms with van der Waals surface area (Å²) in [5.41, 5.74) is 6.53. The van der Waals surface area contributed by atoms with E-state index in [0.717, 1.165) is 0 Å². The van der Waals surface area contributed by atoms with Crippen LogP contribution in [0.25, 0.3) is 10.9 Å². The molecule has 8 heteroatoms. The molecular weight excluding hydrogens is 260 g/mol. The summed E-state index contributed by atoms with van der Waals surface area (Å²) in [5.74, 6) is 0.990. The molecule has 2 heterocycles. The highest BCUT2D eigenvalue weighted by molar-refractivity contribution is 5.81. The lowest BCUT2D eigenvalue weighted by atomic mass is 10.2. The second-order valence-electron chi connectivity index (χ2n) is 4.22. The van der Waals surface area contributed by atoms with Crippen molar-refractivity contribution in [3.63, 3.8) is 0 Å². The zero-order valence-electron chi connectivity index (χ0n) is 10.5. The molecule has 8 nitrogen and oxygen atoms in total. The van der Waals surface area contributed by atoms with Crippen LogP contribution in [0.1, 0.15) is 5.82 Å². The molecule has 0 saturated heterocycles. The number of rotatable bonds is 4. The quantitative estimate of drug-likeness (QED) is 0.592. The molecule has 0 bridgehead atoms. The first-order chi connectivity index (χ1) is 9.72. The van der Waals surface area contributed by atoms with Crippen LogP contribution < -0.4 is 16.6 Å². The zero-order valence-corrected chi connectivity index (χ0v) is 10.5. The number of hydrogen-bond donors (Lipinski definition) is 3. The number of nitrogens with two attached hydrogens (primary N) is 1. The van der Waals surface area contributed by atoms with Crippen molar-refractivity contribution < 1.29 is 4.52 Å². The molecule has 0 spiro atoms. The van der Waals surface area contributed by atoms with Crippen LogP contribution in [0.2, 0.25) is 0 Å². The van der Waals surface area contributed by atoms with E-state index in [1.165, 1.54) is 6.39 Å². The Kier molecular flexibility index (Phi) is 3.04. The summed E-state index contributed by atoms with van der Waals surface area (Å²) in [5, 5.41) is 7.17. The molecule has 0 amide bonds. The Balaban J connectivity index is 1.78. The van der Waals surface area contributed by atoms with Crippen molar-refractivity contribution in [3.8, 4) is 0 Å². The molecule has 0 unspecified atom stereocenters. The summed E-state index contributed by atoms with van der Waals surface area (Å²) in [6.07, 6.45) is 1.84. The first kappa shape index (κ1) is 12.2. The maximum Gasteiger partial charge on any atom is 0.260 e. The van der Waals surface area contributed by atoms with Gasteiger partial charge in [-0.25, -0.2) is 4.98 Å². The Morgan fingerprint density at radius 3 is 3.10 bits per heavy atom. The van der Waals surface area contributed by atoms with E-state index in [1.807, 2.05) is 0 Å². The molecule has 102 valence electrons. The van der Waals surface area contributed by atoms with Gasteiger partial charge in [0.2, 0.25) is 12.3 Å². The smallest absolute Gasteiger partial charge is 0.260 e. The lowest BCUT2D eigenvalue weighted by Gasteiger charge is -2.05. The van der Waals surface area contributed by atoms with E-state index in [4.69, 9.17) is 5.73 Å². The van der Waals surface area contributed by atoms with Crippen molar-refractivity contribution in [1.29, 1.82) is 0 Å². The fourth-order valence-corrected chi connectivity index (χ4v) is 1.84. The molecule has 0 aliphatic carbocycles. The predicted octanol–water partition coefficient (Wildman–Crippen LogP) is 0.543. The van der Waals surface area contributed by atoms with E-state index in [9.17, 15) is 4.79 Å². The van der Waals surface area contributed by atoms with Crippen molar-refractivity contribution in [1.82, 2.24) is 20.1 Å². The predicted molar refractivity (Wildman–Crippen MR) is 73.3 cm³/mol. The van der Waals surface area contributed by atoms with E-state index in [-0.39, 0.29) is 5.56 Å². The molecular formula is C12H12N6O2. The number of nitrogens with zero attached hydrogens (tertiary/aromatic N) is 3.